The average Bonchev–Trinajstić information content (AvgIpc) is 3.10. The van der Waals surface area contributed by atoms with Crippen molar-refractivity contribution in [3.8, 4) is 11.3 Å². The smallest absolute Gasteiger partial charge is 0.228 e. The summed E-state index contributed by atoms with van der Waals surface area (Å²) in [6, 6.07) is 17.8. The number of piperazine rings is 1. The van der Waals surface area contributed by atoms with E-state index < -0.39 is 0 Å². The van der Waals surface area contributed by atoms with Gasteiger partial charge in [-0.2, -0.15) is 4.98 Å². The number of hydrogen-bond acceptors (Lipinski definition) is 6. The van der Waals surface area contributed by atoms with Crippen molar-refractivity contribution in [1.82, 2.24) is 24.6 Å². The Morgan fingerprint density at radius 1 is 0.935 bits per heavy atom. The fraction of sp³-hybridized carbons (Fsp3) is 0.261. The molecule has 2 aromatic carbocycles. The molecule has 1 aliphatic rings. The minimum atomic E-state index is 0.540. The van der Waals surface area contributed by atoms with Crippen LogP contribution in [-0.4, -0.2) is 57.9 Å². The van der Waals surface area contributed by atoms with Gasteiger partial charge in [-0.25, -0.2) is 9.67 Å². The summed E-state index contributed by atoms with van der Waals surface area (Å²) in [5, 5.41) is 6.12. The van der Waals surface area contributed by atoms with E-state index in [4.69, 9.17) is 32.4 Å². The molecule has 0 bridgehead atoms. The van der Waals surface area contributed by atoms with Crippen LogP contribution in [0.15, 0.2) is 54.6 Å². The van der Waals surface area contributed by atoms with Gasteiger partial charge in [-0.3, -0.25) is 0 Å². The lowest BCUT2D eigenvalue weighted by atomic mass is 10.1. The zero-order valence-corrected chi connectivity index (χ0v) is 18.1. The van der Waals surface area contributed by atoms with Crippen LogP contribution in [0.1, 0.15) is 5.56 Å². The Morgan fingerprint density at radius 2 is 1.65 bits per heavy atom. The van der Waals surface area contributed by atoms with E-state index in [1.54, 1.807) is 4.68 Å². The molecular formula is C23H24ClN7. The number of hydrogen-bond donors (Lipinski definition) is 1. The third-order valence-electron chi connectivity index (χ3n) is 5.72. The monoisotopic (exact) mass is 433 g/mol. The molecule has 0 radical (unpaired) electrons. The van der Waals surface area contributed by atoms with Gasteiger partial charge in [0.2, 0.25) is 5.95 Å². The molecule has 0 saturated carbocycles. The average molecular weight is 434 g/mol. The summed E-state index contributed by atoms with van der Waals surface area (Å²) in [5.41, 5.74) is 9.84. The van der Waals surface area contributed by atoms with Crippen molar-refractivity contribution in [2.45, 2.75) is 6.54 Å². The van der Waals surface area contributed by atoms with Crippen molar-refractivity contribution in [1.29, 1.82) is 0 Å². The maximum atomic E-state index is 6.58. The molecule has 0 spiro atoms. The highest BCUT2D eigenvalue weighted by Gasteiger charge is 2.23. The summed E-state index contributed by atoms with van der Waals surface area (Å²) in [5.74, 6) is 1.21. The molecule has 2 aromatic heterocycles. The van der Waals surface area contributed by atoms with Gasteiger partial charge < -0.3 is 15.5 Å². The molecule has 7 nitrogen and oxygen atoms in total. The van der Waals surface area contributed by atoms with Crippen LogP contribution in [0.25, 0.3) is 22.3 Å². The molecule has 158 valence electrons. The lowest BCUT2D eigenvalue weighted by Gasteiger charge is -2.32. The first-order valence-electron chi connectivity index (χ1n) is 10.4. The lowest BCUT2D eigenvalue weighted by Crippen LogP contribution is -2.45. The summed E-state index contributed by atoms with van der Waals surface area (Å²) in [7, 11) is 2.13. The molecule has 0 amide bonds. The molecule has 1 saturated heterocycles. The predicted molar refractivity (Wildman–Crippen MR) is 125 cm³/mol. The molecule has 5 rings (SSSR count). The lowest BCUT2D eigenvalue weighted by molar-refractivity contribution is 0.311. The Bertz CT molecular complexity index is 1210. The molecule has 0 unspecified atom stereocenters. The predicted octanol–water partition coefficient (Wildman–Crippen LogP) is 3.53. The van der Waals surface area contributed by atoms with Crippen molar-refractivity contribution < 1.29 is 0 Å². The SMILES string of the molecule is CN1CCN(c2nc(-c3ccccc3Cl)c3c(N)n(Cc4ccccc4)nc3n2)CC1. The first-order chi connectivity index (χ1) is 15.1. The summed E-state index contributed by atoms with van der Waals surface area (Å²) in [4.78, 5) is 14.2. The highest BCUT2D eigenvalue weighted by atomic mass is 35.5. The van der Waals surface area contributed by atoms with Crippen molar-refractivity contribution in [2.24, 2.45) is 0 Å². The van der Waals surface area contributed by atoms with Crippen LogP contribution in [0.5, 0.6) is 0 Å². The summed E-state index contributed by atoms with van der Waals surface area (Å²) < 4.78 is 1.79. The van der Waals surface area contributed by atoms with Gasteiger partial charge in [0.05, 0.1) is 17.6 Å². The van der Waals surface area contributed by atoms with Gasteiger partial charge in [0.25, 0.3) is 0 Å². The van der Waals surface area contributed by atoms with Crippen LogP contribution in [0.4, 0.5) is 11.8 Å². The minimum absolute atomic E-state index is 0.540. The third-order valence-corrected chi connectivity index (χ3v) is 6.05. The largest absolute Gasteiger partial charge is 0.383 e. The van der Waals surface area contributed by atoms with Gasteiger partial charge in [0.1, 0.15) is 5.82 Å². The normalized spacial score (nSPS) is 15.0. The number of nitrogen functional groups attached to an aromatic ring is 1. The maximum absolute atomic E-state index is 6.58. The molecule has 3 heterocycles. The zero-order valence-electron chi connectivity index (χ0n) is 17.4. The second-order valence-corrected chi connectivity index (χ2v) is 8.28. The van der Waals surface area contributed by atoms with Gasteiger partial charge in [0, 0.05) is 36.8 Å². The van der Waals surface area contributed by atoms with Crippen LogP contribution in [0.3, 0.4) is 0 Å². The Balaban J connectivity index is 1.66. The number of likely N-dealkylation sites (N-methyl/N-ethyl adjacent to an activating group) is 1. The quantitative estimate of drug-likeness (QED) is 0.530. The van der Waals surface area contributed by atoms with Crippen LogP contribution in [0.2, 0.25) is 5.02 Å². The van der Waals surface area contributed by atoms with Crippen molar-refractivity contribution in [2.75, 3.05) is 43.9 Å². The van der Waals surface area contributed by atoms with Crippen molar-refractivity contribution in [3.63, 3.8) is 0 Å². The number of benzene rings is 2. The number of nitrogens with two attached hydrogens (primary N) is 1. The fourth-order valence-corrected chi connectivity index (χ4v) is 4.14. The van der Waals surface area contributed by atoms with E-state index in [1.165, 1.54) is 0 Å². The second kappa shape index (κ2) is 8.17. The number of rotatable bonds is 4. The van der Waals surface area contributed by atoms with Gasteiger partial charge in [-0.15, -0.1) is 5.10 Å². The van der Waals surface area contributed by atoms with Crippen LogP contribution >= 0.6 is 11.6 Å². The fourth-order valence-electron chi connectivity index (χ4n) is 3.92. The first kappa shape index (κ1) is 19.8. The van der Waals surface area contributed by atoms with E-state index in [2.05, 4.69) is 29.0 Å². The number of nitrogens with zero attached hydrogens (tertiary/aromatic N) is 6. The molecule has 1 fully saturated rings. The summed E-state index contributed by atoms with van der Waals surface area (Å²) >= 11 is 6.56. The van der Waals surface area contributed by atoms with Crippen LogP contribution < -0.4 is 10.6 Å². The standard InChI is InChI=1S/C23H24ClN7/c1-29-11-13-30(14-12-29)23-26-20(17-9-5-6-10-18(17)24)19-21(25)31(28-22(19)27-23)15-16-7-3-2-4-8-16/h2-10H,11-15,25H2,1H3. The number of aromatic nitrogens is 4. The molecule has 1 aliphatic heterocycles. The molecule has 4 aromatic rings. The van der Waals surface area contributed by atoms with Gasteiger partial charge in [-0.1, -0.05) is 60.1 Å². The maximum Gasteiger partial charge on any atom is 0.228 e. The van der Waals surface area contributed by atoms with Gasteiger partial charge in [0.15, 0.2) is 5.65 Å². The number of fused-ring (bicyclic) bond motifs is 1. The van der Waals surface area contributed by atoms with Crippen LogP contribution in [0, 0.1) is 0 Å². The first-order valence-corrected chi connectivity index (χ1v) is 10.7. The molecule has 8 heteroatoms. The van der Waals surface area contributed by atoms with Crippen LogP contribution in [-0.2, 0) is 6.54 Å². The van der Waals surface area contributed by atoms with Gasteiger partial charge in [-0.05, 0) is 18.7 Å². The molecule has 0 atom stereocenters. The summed E-state index contributed by atoms with van der Waals surface area (Å²) in [6.45, 7) is 4.23. The Morgan fingerprint density at radius 3 is 2.39 bits per heavy atom. The van der Waals surface area contributed by atoms with E-state index in [-0.39, 0.29) is 0 Å². The topological polar surface area (TPSA) is 76.1 Å². The van der Waals surface area contributed by atoms with E-state index in [0.717, 1.165) is 48.4 Å². The molecular weight excluding hydrogens is 410 g/mol. The molecule has 0 aliphatic carbocycles. The second-order valence-electron chi connectivity index (χ2n) is 7.87. The van der Waals surface area contributed by atoms with Crippen molar-refractivity contribution in [3.05, 3.63) is 65.2 Å². The van der Waals surface area contributed by atoms with Gasteiger partial charge >= 0.3 is 0 Å². The third kappa shape index (κ3) is 3.82. The Kier molecular flexibility index (Phi) is 5.21. The molecule has 2 N–H and O–H groups in total. The highest BCUT2D eigenvalue weighted by Crippen LogP contribution is 2.35. The Labute approximate surface area is 186 Å². The minimum Gasteiger partial charge on any atom is -0.383 e. The summed E-state index contributed by atoms with van der Waals surface area (Å²) in [6.07, 6.45) is 0. The van der Waals surface area contributed by atoms with E-state index in [1.807, 2.05) is 42.5 Å². The van der Waals surface area contributed by atoms with E-state index >= 15 is 0 Å². The number of halogens is 1. The van der Waals surface area contributed by atoms with Crippen molar-refractivity contribution >= 4 is 34.4 Å². The Hall–Kier alpha value is -3.16. The number of anilines is 2. The van der Waals surface area contributed by atoms with E-state index in [0.29, 0.717) is 29.0 Å². The highest BCUT2D eigenvalue weighted by molar-refractivity contribution is 6.33. The zero-order chi connectivity index (χ0) is 21.4. The molecule has 31 heavy (non-hydrogen) atoms. The van der Waals surface area contributed by atoms with E-state index in [9.17, 15) is 0 Å².